The number of aliphatic hydroxyl groups is 1. The monoisotopic (exact) mass is 332 g/mol. The molecule has 1 aromatic carbocycles. The van der Waals surface area contributed by atoms with Gasteiger partial charge in [0, 0.05) is 19.2 Å². The first-order chi connectivity index (χ1) is 11.7. The molecule has 1 aliphatic rings. The fraction of sp³-hybridized carbons (Fsp3) is 0.500. The lowest BCUT2D eigenvalue weighted by atomic mass is 9.98. The number of aliphatic hydroxyl groups excluding tert-OH is 1. The molecule has 2 atom stereocenters. The van der Waals surface area contributed by atoms with Crippen molar-refractivity contribution in [1.29, 1.82) is 0 Å². The van der Waals surface area contributed by atoms with Crippen molar-refractivity contribution in [3.05, 3.63) is 53.4 Å². The summed E-state index contributed by atoms with van der Waals surface area (Å²) in [5.74, 6) is 0.653. The van der Waals surface area contributed by atoms with E-state index in [2.05, 4.69) is 41.2 Å². The number of benzene rings is 1. The van der Waals surface area contributed by atoms with Gasteiger partial charge in [-0.2, -0.15) is 0 Å². The topological polar surface area (TPSA) is 68.0 Å². The Hall–Kier alpha value is -1.73. The first kappa shape index (κ1) is 17.1. The number of rotatable bonds is 7. The average molecular weight is 332 g/mol. The Balaban J connectivity index is 1.66. The Bertz CT molecular complexity index is 594. The Morgan fingerprint density at radius 3 is 2.62 bits per heavy atom. The van der Waals surface area contributed by atoms with E-state index in [1.54, 1.807) is 12.3 Å². The highest BCUT2D eigenvalue weighted by Gasteiger charge is 2.29. The van der Waals surface area contributed by atoms with Gasteiger partial charge in [-0.05, 0) is 12.5 Å². The van der Waals surface area contributed by atoms with E-state index in [0.29, 0.717) is 25.6 Å². The molecule has 0 amide bonds. The molecule has 2 aromatic rings. The molecular weight excluding hydrogens is 308 g/mol. The van der Waals surface area contributed by atoms with E-state index in [9.17, 15) is 5.11 Å². The lowest BCUT2D eigenvalue weighted by Crippen LogP contribution is -2.44. The molecule has 130 valence electrons. The van der Waals surface area contributed by atoms with E-state index in [-0.39, 0.29) is 12.6 Å². The van der Waals surface area contributed by atoms with Crippen LogP contribution in [-0.2, 0) is 16.1 Å². The second-order valence-electron chi connectivity index (χ2n) is 6.07. The normalized spacial score (nSPS) is 18.4. The summed E-state index contributed by atoms with van der Waals surface area (Å²) in [6.07, 6.45) is 0.951. The maximum Gasteiger partial charge on any atom is 0.162 e. The molecule has 24 heavy (non-hydrogen) atoms. The highest BCUT2D eigenvalue weighted by molar-refractivity contribution is 5.25. The Morgan fingerprint density at radius 1 is 1.21 bits per heavy atom. The van der Waals surface area contributed by atoms with Gasteiger partial charge >= 0.3 is 0 Å². The molecule has 6 heteroatoms. The van der Waals surface area contributed by atoms with Crippen LogP contribution in [-0.4, -0.2) is 54.2 Å². The molecule has 0 bridgehead atoms. The summed E-state index contributed by atoms with van der Waals surface area (Å²) < 4.78 is 16.1. The minimum Gasteiger partial charge on any atom is -0.389 e. The molecule has 1 aromatic heterocycles. The summed E-state index contributed by atoms with van der Waals surface area (Å²) in [6.45, 7) is 5.58. The van der Waals surface area contributed by atoms with Crippen molar-refractivity contribution < 1.29 is 19.1 Å². The zero-order chi connectivity index (χ0) is 16.8. The highest BCUT2D eigenvalue weighted by Crippen LogP contribution is 2.26. The van der Waals surface area contributed by atoms with Crippen LogP contribution in [0.4, 0.5) is 0 Å². The van der Waals surface area contributed by atoms with Crippen LogP contribution in [0, 0.1) is 6.92 Å². The predicted octanol–water partition coefficient (Wildman–Crippen LogP) is 1.93. The van der Waals surface area contributed by atoms with Crippen molar-refractivity contribution in [3.63, 3.8) is 0 Å². The molecule has 0 aliphatic carbocycles. The van der Waals surface area contributed by atoms with Gasteiger partial charge in [-0.1, -0.05) is 35.0 Å². The maximum atomic E-state index is 10.8. The SMILES string of the molecule is Cc1ccc(C(C(O)COCc2ccno2)N2CCOCC2)cc1. The second kappa shape index (κ2) is 8.39. The Morgan fingerprint density at radius 2 is 1.96 bits per heavy atom. The molecule has 0 spiro atoms. The maximum absolute atomic E-state index is 10.8. The molecule has 1 fully saturated rings. The molecular formula is C18H24N2O4. The Labute approximate surface area is 142 Å². The van der Waals surface area contributed by atoms with Gasteiger partial charge in [0.15, 0.2) is 5.76 Å². The first-order valence-corrected chi connectivity index (χ1v) is 8.28. The summed E-state index contributed by atoms with van der Waals surface area (Å²) in [5.41, 5.74) is 2.30. The molecule has 0 saturated carbocycles. The van der Waals surface area contributed by atoms with Crippen molar-refractivity contribution >= 4 is 0 Å². The molecule has 2 heterocycles. The summed E-state index contributed by atoms with van der Waals surface area (Å²) in [6, 6.07) is 9.95. The Kier molecular flexibility index (Phi) is 5.98. The summed E-state index contributed by atoms with van der Waals surface area (Å²) in [5, 5.41) is 14.4. The van der Waals surface area contributed by atoms with Crippen molar-refractivity contribution in [2.24, 2.45) is 0 Å². The van der Waals surface area contributed by atoms with E-state index in [4.69, 9.17) is 14.0 Å². The number of aryl methyl sites for hydroxylation is 1. The van der Waals surface area contributed by atoms with Gasteiger partial charge in [-0.25, -0.2) is 0 Å². The van der Waals surface area contributed by atoms with E-state index in [1.807, 2.05) is 0 Å². The average Bonchev–Trinajstić information content (AvgIpc) is 3.11. The molecule has 1 saturated heterocycles. The van der Waals surface area contributed by atoms with Crippen LogP contribution in [0.25, 0.3) is 0 Å². The van der Waals surface area contributed by atoms with Gasteiger partial charge in [0.2, 0.25) is 0 Å². The molecule has 2 unspecified atom stereocenters. The van der Waals surface area contributed by atoms with E-state index < -0.39 is 6.10 Å². The zero-order valence-electron chi connectivity index (χ0n) is 13.9. The number of hydrogen-bond donors (Lipinski definition) is 1. The summed E-state index contributed by atoms with van der Waals surface area (Å²) in [4.78, 5) is 2.26. The van der Waals surface area contributed by atoms with Crippen LogP contribution in [0.15, 0.2) is 41.1 Å². The molecule has 1 aliphatic heterocycles. The van der Waals surface area contributed by atoms with Crippen LogP contribution >= 0.6 is 0 Å². The number of nitrogens with zero attached hydrogens (tertiary/aromatic N) is 2. The van der Waals surface area contributed by atoms with Crippen molar-refractivity contribution in [2.45, 2.75) is 25.7 Å². The van der Waals surface area contributed by atoms with Gasteiger partial charge in [0.1, 0.15) is 6.61 Å². The van der Waals surface area contributed by atoms with Crippen molar-refractivity contribution in [3.8, 4) is 0 Å². The van der Waals surface area contributed by atoms with E-state index >= 15 is 0 Å². The minimum absolute atomic E-state index is 0.107. The number of aromatic nitrogens is 1. The fourth-order valence-electron chi connectivity index (χ4n) is 2.98. The third-order valence-corrected chi connectivity index (χ3v) is 4.25. The van der Waals surface area contributed by atoms with Crippen LogP contribution in [0.1, 0.15) is 22.9 Å². The molecule has 0 radical (unpaired) electrons. The summed E-state index contributed by atoms with van der Waals surface area (Å²) in [7, 11) is 0. The standard InChI is InChI=1S/C18H24N2O4/c1-14-2-4-15(5-3-14)18(20-8-10-22-11-9-20)17(21)13-23-12-16-6-7-19-24-16/h2-7,17-18,21H,8-13H2,1H3. The van der Waals surface area contributed by atoms with Crippen LogP contribution in [0.3, 0.4) is 0 Å². The van der Waals surface area contributed by atoms with Gasteiger partial charge in [0.05, 0.1) is 38.2 Å². The van der Waals surface area contributed by atoms with Gasteiger partial charge < -0.3 is 19.1 Å². The number of hydrogen-bond acceptors (Lipinski definition) is 6. The van der Waals surface area contributed by atoms with Gasteiger partial charge in [-0.3, -0.25) is 4.90 Å². The third kappa shape index (κ3) is 4.42. The van der Waals surface area contributed by atoms with Crippen LogP contribution in [0.2, 0.25) is 0 Å². The lowest BCUT2D eigenvalue weighted by molar-refractivity contribution is -0.0558. The smallest absolute Gasteiger partial charge is 0.162 e. The van der Waals surface area contributed by atoms with Crippen LogP contribution in [0.5, 0.6) is 0 Å². The lowest BCUT2D eigenvalue weighted by Gasteiger charge is -2.37. The third-order valence-electron chi connectivity index (χ3n) is 4.25. The fourth-order valence-corrected chi connectivity index (χ4v) is 2.98. The molecule has 3 rings (SSSR count). The van der Waals surface area contributed by atoms with E-state index in [1.165, 1.54) is 5.56 Å². The van der Waals surface area contributed by atoms with Crippen LogP contribution < -0.4 is 0 Å². The quantitative estimate of drug-likeness (QED) is 0.836. The van der Waals surface area contributed by atoms with Gasteiger partial charge in [0.25, 0.3) is 0 Å². The number of morpholine rings is 1. The largest absolute Gasteiger partial charge is 0.389 e. The van der Waals surface area contributed by atoms with Crippen molar-refractivity contribution in [2.75, 3.05) is 32.9 Å². The molecule has 1 N–H and O–H groups in total. The molecule has 6 nitrogen and oxygen atoms in total. The highest BCUT2D eigenvalue weighted by atomic mass is 16.5. The van der Waals surface area contributed by atoms with Gasteiger partial charge in [-0.15, -0.1) is 0 Å². The summed E-state index contributed by atoms with van der Waals surface area (Å²) >= 11 is 0. The van der Waals surface area contributed by atoms with E-state index in [0.717, 1.165) is 18.7 Å². The van der Waals surface area contributed by atoms with Crippen molar-refractivity contribution in [1.82, 2.24) is 10.1 Å². The minimum atomic E-state index is -0.631. The second-order valence-corrected chi connectivity index (χ2v) is 6.07. The number of ether oxygens (including phenoxy) is 2. The first-order valence-electron chi connectivity index (χ1n) is 8.28. The predicted molar refractivity (Wildman–Crippen MR) is 88.5 cm³/mol. The zero-order valence-corrected chi connectivity index (χ0v) is 13.9.